The van der Waals surface area contributed by atoms with Crippen molar-refractivity contribution in [1.82, 2.24) is 20.7 Å². The van der Waals surface area contributed by atoms with E-state index in [0.29, 0.717) is 26.7 Å². The number of rotatable bonds is 9. The van der Waals surface area contributed by atoms with Crippen LogP contribution in [0.4, 0.5) is 8.78 Å². The lowest BCUT2D eigenvalue weighted by Gasteiger charge is -2.30. The van der Waals surface area contributed by atoms with Crippen molar-refractivity contribution in [3.63, 3.8) is 0 Å². The number of benzene rings is 2. The minimum absolute atomic E-state index is 0.0104. The number of aryl methyl sites for hydroxylation is 2. The molecule has 0 saturated carbocycles. The molecular formula is C28H29ClF2N4O5. The van der Waals surface area contributed by atoms with Gasteiger partial charge in [0.2, 0.25) is 5.91 Å². The lowest BCUT2D eigenvalue weighted by atomic mass is 9.99. The number of carbonyl (C=O) groups excluding carboxylic acids is 3. The van der Waals surface area contributed by atoms with Gasteiger partial charge in [0.15, 0.2) is 6.10 Å². The number of hydrogen-bond acceptors (Lipinski definition) is 6. The zero-order valence-corrected chi connectivity index (χ0v) is 22.6. The molecule has 3 atom stereocenters. The minimum Gasteiger partial charge on any atom is -0.381 e. The number of amides is 3. The van der Waals surface area contributed by atoms with Crippen molar-refractivity contribution >= 4 is 29.3 Å². The van der Waals surface area contributed by atoms with E-state index in [1.54, 1.807) is 68.4 Å². The zero-order chi connectivity index (χ0) is 29.0. The van der Waals surface area contributed by atoms with E-state index in [2.05, 4.69) is 15.8 Å². The number of aromatic nitrogens is 1. The molecule has 3 unspecified atom stereocenters. The monoisotopic (exact) mass is 574 g/mol. The molecule has 40 heavy (non-hydrogen) atoms. The van der Waals surface area contributed by atoms with Gasteiger partial charge in [0, 0.05) is 18.0 Å². The normalized spacial score (nSPS) is 17.8. The highest BCUT2D eigenvalue weighted by molar-refractivity contribution is 6.31. The van der Waals surface area contributed by atoms with Gasteiger partial charge in [-0.05, 0) is 37.5 Å². The van der Waals surface area contributed by atoms with Crippen molar-refractivity contribution in [2.45, 2.75) is 57.3 Å². The molecule has 3 aromatic rings. The van der Waals surface area contributed by atoms with E-state index in [1.165, 1.54) is 0 Å². The van der Waals surface area contributed by atoms with Crippen LogP contribution < -0.4 is 10.6 Å². The van der Waals surface area contributed by atoms with Crippen LogP contribution in [0.15, 0.2) is 59.1 Å². The van der Waals surface area contributed by atoms with E-state index in [-0.39, 0.29) is 24.3 Å². The molecule has 212 valence electrons. The summed E-state index contributed by atoms with van der Waals surface area (Å²) in [7, 11) is 0. The first-order valence-electron chi connectivity index (χ1n) is 12.6. The number of alkyl halides is 2. The van der Waals surface area contributed by atoms with Crippen molar-refractivity contribution in [1.29, 1.82) is 0 Å². The molecule has 0 bridgehead atoms. The number of nitrogens with zero attached hydrogens (tertiary/aromatic N) is 2. The molecule has 1 aliphatic rings. The first-order valence-corrected chi connectivity index (χ1v) is 13.0. The maximum absolute atomic E-state index is 14.5. The molecule has 2 heterocycles. The summed E-state index contributed by atoms with van der Waals surface area (Å²) < 4.78 is 34.1. The SMILES string of the molecule is Cc1noc(C)c1C(=O)NC(Cc1ccccc1)C(O)C(=O)N1CC(F)(F)CC1C(=O)NCc1ccccc1Cl. The van der Waals surface area contributed by atoms with Gasteiger partial charge in [0.1, 0.15) is 17.4 Å². The molecule has 1 fully saturated rings. The molecule has 2 aromatic carbocycles. The maximum Gasteiger partial charge on any atom is 0.267 e. The molecule has 9 nitrogen and oxygen atoms in total. The van der Waals surface area contributed by atoms with Gasteiger partial charge in [-0.15, -0.1) is 0 Å². The average Bonchev–Trinajstić information content (AvgIpc) is 3.44. The van der Waals surface area contributed by atoms with Crippen molar-refractivity contribution in [2.24, 2.45) is 0 Å². The predicted molar refractivity (Wildman–Crippen MR) is 142 cm³/mol. The first-order chi connectivity index (χ1) is 19.0. The molecule has 1 saturated heterocycles. The Bertz CT molecular complexity index is 1360. The molecule has 0 radical (unpaired) electrons. The Hall–Kier alpha value is -3.83. The van der Waals surface area contributed by atoms with Crippen LogP contribution in [0.5, 0.6) is 0 Å². The van der Waals surface area contributed by atoms with Crippen LogP contribution in [0.1, 0.15) is 39.4 Å². The number of halogens is 3. The summed E-state index contributed by atoms with van der Waals surface area (Å²) in [5, 5.41) is 20.5. The van der Waals surface area contributed by atoms with Crippen LogP contribution in [0, 0.1) is 13.8 Å². The van der Waals surface area contributed by atoms with Gasteiger partial charge in [-0.3, -0.25) is 14.4 Å². The Morgan fingerprint density at radius 3 is 2.48 bits per heavy atom. The maximum atomic E-state index is 14.5. The number of aliphatic hydroxyl groups excluding tert-OH is 1. The summed E-state index contributed by atoms with van der Waals surface area (Å²) in [5.41, 5.74) is 1.70. The third-order valence-corrected chi connectivity index (χ3v) is 7.14. The van der Waals surface area contributed by atoms with Crippen LogP contribution in [-0.2, 0) is 22.6 Å². The molecule has 1 aliphatic heterocycles. The van der Waals surface area contributed by atoms with Crippen LogP contribution >= 0.6 is 11.6 Å². The van der Waals surface area contributed by atoms with Gasteiger partial charge in [-0.1, -0.05) is 65.3 Å². The Morgan fingerprint density at radius 1 is 1.15 bits per heavy atom. The average molecular weight is 575 g/mol. The highest BCUT2D eigenvalue weighted by Gasteiger charge is 2.51. The fourth-order valence-electron chi connectivity index (χ4n) is 4.72. The van der Waals surface area contributed by atoms with Gasteiger partial charge in [-0.2, -0.15) is 0 Å². The quantitative estimate of drug-likeness (QED) is 0.360. The standard InChI is InChI=1S/C28H29ClF2N4O5/c1-16-23(17(2)40-34-16)26(38)33-21(12-18-8-4-3-5-9-18)24(36)27(39)35-15-28(30,31)13-22(35)25(37)32-14-19-10-6-7-11-20(19)29/h3-11,21-22,24,36H,12-15H2,1-2H3,(H,32,37)(H,33,38). The summed E-state index contributed by atoms with van der Waals surface area (Å²) in [5.74, 6) is -5.67. The number of likely N-dealkylation sites (tertiary alicyclic amines) is 1. The predicted octanol–water partition coefficient (Wildman–Crippen LogP) is 3.20. The molecule has 0 spiro atoms. The number of carbonyl (C=O) groups is 3. The molecule has 4 rings (SSSR count). The Balaban J connectivity index is 1.55. The van der Waals surface area contributed by atoms with E-state index in [0.717, 1.165) is 0 Å². The summed E-state index contributed by atoms with van der Waals surface area (Å²) in [6.07, 6.45) is -2.83. The van der Waals surface area contributed by atoms with Crippen LogP contribution in [-0.4, -0.2) is 63.5 Å². The highest BCUT2D eigenvalue weighted by Crippen LogP contribution is 2.33. The summed E-state index contributed by atoms with van der Waals surface area (Å²) >= 11 is 6.12. The third-order valence-electron chi connectivity index (χ3n) is 6.78. The molecule has 12 heteroatoms. The Morgan fingerprint density at radius 2 is 1.82 bits per heavy atom. The molecule has 0 aliphatic carbocycles. The van der Waals surface area contributed by atoms with Gasteiger partial charge < -0.3 is 25.2 Å². The second kappa shape index (κ2) is 12.1. The van der Waals surface area contributed by atoms with E-state index in [4.69, 9.17) is 16.1 Å². The summed E-state index contributed by atoms with van der Waals surface area (Å²) in [6.45, 7) is 2.02. The van der Waals surface area contributed by atoms with Crippen molar-refractivity contribution < 1.29 is 32.8 Å². The fraction of sp³-hybridized carbons (Fsp3) is 0.357. The number of aliphatic hydroxyl groups is 1. The lowest BCUT2D eigenvalue weighted by molar-refractivity contribution is -0.147. The number of hydrogen-bond donors (Lipinski definition) is 3. The van der Waals surface area contributed by atoms with E-state index in [1.807, 2.05) is 0 Å². The fourth-order valence-corrected chi connectivity index (χ4v) is 4.93. The zero-order valence-electron chi connectivity index (χ0n) is 21.9. The Labute approximate surface area is 234 Å². The van der Waals surface area contributed by atoms with Gasteiger partial charge in [-0.25, -0.2) is 8.78 Å². The summed E-state index contributed by atoms with van der Waals surface area (Å²) in [6, 6.07) is 12.7. The van der Waals surface area contributed by atoms with Gasteiger partial charge in [0.25, 0.3) is 17.7 Å². The van der Waals surface area contributed by atoms with E-state index >= 15 is 0 Å². The second-order valence-corrected chi connectivity index (χ2v) is 10.2. The molecule has 1 aromatic heterocycles. The highest BCUT2D eigenvalue weighted by atomic mass is 35.5. The van der Waals surface area contributed by atoms with Gasteiger partial charge in [0.05, 0.1) is 18.3 Å². The smallest absolute Gasteiger partial charge is 0.267 e. The molecule has 3 N–H and O–H groups in total. The largest absolute Gasteiger partial charge is 0.381 e. The minimum atomic E-state index is -3.35. The van der Waals surface area contributed by atoms with Crippen LogP contribution in [0.2, 0.25) is 5.02 Å². The van der Waals surface area contributed by atoms with Crippen molar-refractivity contribution in [2.75, 3.05) is 6.54 Å². The topological polar surface area (TPSA) is 125 Å². The van der Waals surface area contributed by atoms with Gasteiger partial charge >= 0.3 is 0 Å². The van der Waals surface area contributed by atoms with Crippen LogP contribution in [0.3, 0.4) is 0 Å². The molecule has 3 amide bonds. The lowest BCUT2D eigenvalue weighted by Crippen LogP contribution is -2.56. The van der Waals surface area contributed by atoms with Crippen molar-refractivity contribution in [3.05, 3.63) is 87.8 Å². The summed E-state index contributed by atoms with van der Waals surface area (Å²) in [4.78, 5) is 40.2. The van der Waals surface area contributed by atoms with E-state index in [9.17, 15) is 28.3 Å². The Kier molecular flexibility index (Phi) is 8.85. The van der Waals surface area contributed by atoms with Crippen molar-refractivity contribution in [3.8, 4) is 0 Å². The van der Waals surface area contributed by atoms with Crippen LogP contribution in [0.25, 0.3) is 0 Å². The third kappa shape index (κ3) is 6.65. The van der Waals surface area contributed by atoms with E-state index < -0.39 is 54.8 Å². The number of nitrogens with one attached hydrogen (secondary N) is 2. The second-order valence-electron chi connectivity index (χ2n) is 9.76. The molecular weight excluding hydrogens is 546 g/mol. The first kappa shape index (κ1) is 29.2.